The highest BCUT2D eigenvalue weighted by Crippen LogP contribution is 2.41. The van der Waals surface area contributed by atoms with E-state index in [4.69, 9.17) is 4.74 Å². The van der Waals surface area contributed by atoms with E-state index in [1.54, 1.807) is 7.11 Å². The highest BCUT2D eigenvalue weighted by molar-refractivity contribution is 5.94. The number of nitrogens with zero attached hydrogens (tertiary/aromatic N) is 2. The Kier molecular flexibility index (Phi) is 5.69. The zero-order chi connectivity index (χ0) is 25.5. The number of aryl methyl sites for hydroxylation is 3. The van der Waals surface area contributed by atoms with Crippen LogP contribution in [0.3, 0.4) is 0 Å². The third-order valence-electron chi connectivity index (χ3n) is 7.16. The predicted octanol–water partition coefficient (Wildman–Crippen LogP) is 8.69. The molecule has 3 nitrogen and oxygen atoms in total. The number of benzene rings is 4. The van der Waals surface area contributed by atoms with Gasteiger partial charge in [0.05, 0.1) is 29.5 Å². The Hall–Kier alpha value is -4.50. The maximum atomic E-state index is 5.80. The molecule has 3 heteroatoms. The number of para-hydroxylation sites is 1. The van der Waals surface area contributed by atoms with Gasteiger partial charge in [-0.25, -0.2) is 0 Å². The van der Waals surface area contributed by atoms with Crippen LogP contribution in [0.15, 0.2) is 109 Å². The summed E-state index contributed by atoms with van der Waals surface area (Å²) < 4.78 is 10.5. The number of aromatic nitrogens is 2. The Labute approximate surface area is 218 Å². The van der Waals surface area contributed by atoms with Crippen LogP contribution in [0.1, 0.15) is 16.7 Å². The number of rotatable bonds is 5. The first-order valence-electron chi connectivity index (χ1n) is 12.7. The minimum Gasteiger partial charge on any atom is -0.496 e. The lowest BCUT2D eigenvalue weighted by atomic mass is 10.1. The third kappa shape index (κ3) is 3.93. The van der Waals surface area contributed by atoms with Crippen molar-refractivity contribution in [1.29, 1.82) is 0 Å². The molecule has 0 fully saturated rings. The molecule has 0 aliphatic heterocycles. The van der Waals surface area contributed by atoms with E-state index in [1.165, 1.54) is 27.9 Å². The Bertz CT molecular complexity index is 1720. The number of fused-ring (bicyclic) bond motifs is 1. The lowest BCUT2D eigenvalue weighted by molar-refractivity contribution is 0.416. The fourth-order valence-corrected chi connectivity index (χ4v) is 5.21. The van der Waals surface area contributed by atoms with Gasteiger partial charge < -0.3 is 13.9 Å². The lowest BCUT2D eigenvalue weighted by Gasteiger charge is -2.14. The summed E-state index contributed by atoms with van der Waals surface area (Å²) in [7, 11) is 1.74. The maximum Gasteiger partial charge on any atom is 0.128 e. The van der Waals surface area contributed by atoms with Crippen LogP contribution < -0.4 is 4.74 Å². The molecule has 0 amide bonds. The van der Waals surface area contributed by atoms with Gasteiger partial charge in [-0.1, -0.05) is 71.8 Å². The largest absolute Gasteiger partial charge is 0.496 e. The summed E-state index contributed by atoms with van der Waals surface area (Å²) in [4.78, 5) is 0. The van der Waals surface area contributed by atoms with E-state index in [1.807, 2.05) is 12.1 Å². The molecule has 0 atom stereocenters. The second-order valence-corrected chi connectivity index (χ2v) is 9.69. The standard InChI is InChI=1S/C34H30N2O/c1-23-13-17-26(18-14-23)35-30(28-10-6-5-9-25(28)3)21-32-33(35)22-31(29-11-7-8-12-34(29)37-4)36(32)27-19-15-24(2)16-20-27/h5-22H,1-4H3. The van der Waals surface area contributed by atoms with Gasteiger partial charge in [-0.2, -0.15) is 0 Å². The van der Waals surface area contributed by atoms with Crippen molar-refractivity contribution in [2.75, 3.05) is 7.11 Å². The van der Waals surface area contributed by atoms with Crippen LogP contribution in [0.4, 0.5) is 0 Å². The molecule has 0 bridgehead atoms. The molecule has 182 valence electrons. The van der Waals surface area contributed by atoms with Crippen molar-refractivity contribution in [3.63, 3.8) is 0 Å². The van der Waals surface area contributed by atoms with E-state index in [0.29, 0.717) is 0 Å². The number of hydrogen-bond donors (Lipinski definition) is 0. The molecule has 37 heavy (non-hydrogen) atoms. The topological polar surface area (TPSA) is 19.1 Å². The van der Waals surface area contributed by atoms with Gasteiger partial charge in [-0.05, 0) is 74.9 Å². The summed E-state index contributed by atoms with van der Waals surface area (Å²) in [5.41, 5.74) is 12.9. The van der Waals surface area contributed by atoms with Crippen molar-refractivity contribution in [2.24, 2.45) is 0 Å². The average molecular weight is 483 g/mol. The SMILES string of the molecule is COc1ccccc1-c1cc2c(cc(-c3ccccc3C)n2-c2ccc(C)cc2)n1-c1ccc(C)cc1. The highest BCUT2D eigenvalue weighted by Gasteiger charge is 2.22. The fourth-order valence-electron chi connectivity index (χ4n) is 5.21. The van der Waals surface area contributed by atoms with E-state index in [2.05, 4.69) is 127 Å². The van der Waals surface area contributed by atoms with Crippen LogP contribution in [0.5, 0.6) is 5.75 Å². The fraction of sp³-hybridized carbons (Fsp3) is 0.118. The zero-order valence-corrected chi connectivity index (χ0v) is 21.7. The minimum absolute atomic E-state index is 0.858. The first kappa shape index (κ1) is 22.9. The molecule has 2 aromatic heterocycles. The number of ether oxygens (including phenoxy) is 1. The van der Waals surface area contributed by atoms with Gasteiger partial charge in [0.2, 0.25) is 0 Å². The van der Waals surface area contributed by atoms with E-state index in [0.717, 1.165) is 39.4 Å². The normalized spacial score (nSPS) is 11.2. The van der Waals surface area contributed by atoms with E-state index in [9.17, 15) is 0 Å². The molecule has 6 aromatic rings. The van der Waals surface area contributed by atoms with Gasteiger partial charge in [0.1, 0.15) is 5.75 Å². The van der Waals surface area contributed by atoms with Gasteiger partial charge >= 0.3 is 0 Å². The van der Waals surface area contributed by atoms with Crippen LogP contribution in [0.2, 0.25) is 0 Å². The summed E-state index contributed by atoms with van der Waals surface area (Å²) in [6.45, 7) is 6.44. The van der Waals surface area contributed by atoms with Gasteiger partial charge in [0, 0.05) is 22.5 Å². The molecule has 2 heterocycles. The van der Waals surface area contributed by atoms with Crippen molar-refractivity contribution in [1.82, 2.24) is 9.13 Å². The zero-order valence-electron chi connectivity index (χ0n) is 21.7. The summed E-state index contributed by atoms with van der Waals surface area (Å²) in [6, 6.07) is 39.0. The van der Waals surface area contributed by atoms with Gasteiger partial charge in [-0.15, -0.1) is 0 Å². The summed E-state index contributed by atoms with van der Waals surface area (Å²) in [5.74, 6) is 0.858. The third-order valence-corrected chi connectivity index (χ3v) is 7.16. The summed E-state index contributed by atoms with van der Waals surface area (Å²) in [5, 5.41) is 0. The predicted molar refractivity (Wildman–Crippen MR) is 154 cm³/mol. The lowest BCUT2D eigenvalue weighted by Crippen LogP contribution is -1.98. The molecule has 6 rings (SSSR count). The van der Waals surface area contributed by atoms with E-state index in [-0.39, 0.29) is 0 Å². The number of hydrogen-bond acceptors (Lipinski definition) is 1. The molecular formula is C34H30N2O. The molecular weight excluding hydrogens is 452 g/mol. The smallest absolute Gasteiger partial charge is 0.128 e. The molecule has 0 saturated carbocycles. The van der Waals surface area contributed by atoms with Crippen molar-refractivity contribution < 1.29 is 4.74 Å². The highest BCUT2D eigenvalue weighted by atomic mass is 16.5. The van der Waals surface area contributed by atoms with Crippen molar-refractivity contribution >= 4 is 11.0 Å². The van der Waals surface area contributed by atoms with Gasteiger partial charge in [0.25, 0.3) is 0 Å². The Morgan fingerprint density at radius 3 is 1.49 bits per heavy atom. The van der Waals surface area contributed by atoms with Crippen LogP contribution in [-0.2, 0) is 0 Å². The minimum atomic E-state index is 0.858. The molecule has 4 aromatic carbocycles. The van der Waals surface area contributed by atoms with Crippen LogP contribution in [0, 0.1) is 20.8 Å². The van der Waals surface area contributed by atoms with E-state index < -0.39 is 0 Å². The van der Waals surface area contributed by atoms with Gasteiger partial charge in [-0.3, -0.25) is 0 Å². The molecule has 0 unspecified atom stereocenters. The Morgan fingerprint density at radius 2 is 0.973 bits per heavy atom. The Balaban J connectivity index is 1.74. The quantitative estimate of drug-likeness (QED) is 0.240. The maximum absolute atomic E-state index is 5.80. The van der Waals surface area contributed by atoms with Gasteiger partial charge in [0.15, 0.2) is 0 Å². The molecule has 0 spiro atoms. The first-order valence-corrected chi connectivity index (χ1v) is 12.7. The first-order chi connectivity index (χ1) is 18.0. The van der Waals surface area contributed by atoms with E-state index >= 15 is 0 Å². The van der Waals surface area contributed by atoms with Crippen molar-refractivity contribution in [2.45, 2.75) is 20.8 Å². The van der Waals surface area contributed by atoms with Crippen LogP contribution in [0.25, 0.3) is 44.9 Å². The second-order valence-electron chi connectivity index (χ2n) is 9.69. The molecule has 0 N–H and O–H groups in total. The molecule has 0 aliphatic carbocycles. The molecule has 0 radical (unpaired) electrons. The van der Waals surface area contributed by atoms with Crippen molar-refractivity contribution in [3.05, 3.63) is 126 Å². The average Bonchev–Trinajstić information content (AvgIpc) is 3.46. The summed E-state index contributed by atoms with van der Waals surface area (Å²) in [6.07, 6.45) is 0. The Morgan fingerprint density at radius 1 is 0.514 bits per heavy atom. The summed E-state index contributed by atoms with van der Waals surface area (Å²) >= 11 is 0. The molecule has 0 aliphatic rings. The monoisotopic (exact) mass is 482 g/mol. The van der Waals surface area contributed by atoms with Crippen LogP contribution >= 0.6 is 0 Å². The number of methoxy groups -OCH3 is 1. The van der Waals surface area contributed by atoms with Crippen LogP contribution in [-0.4, -0.2) is 16.2 Å². The second kappa shape index (κ2) is 9.18. The van der Waals surface area contributed by atoms with Crippen molar-refractivity contribution in [3.8, 4) is 39.6 Å². The molecule has 0 saturated heterocycles.